The molecule has 0 bridgehead atoms. The van der Waals surface area contributed by atoms with Gasteiger partial charge in [-0.2, -0.15) is 13.2 Å². The van der Waals surface area contributed by atoms with Gasteiger partial charge in [-0.3, -0.25) is 14.2 Å². The Morgan fingerprint density at radius 1 is 1.28 bits per heavy atom. The first kappa shape index (κ1) is 24.1. The Kier molecular flexibility index (Phi) is 7.47. The fraction of sp³-hybridized carbons (Fsp3) is 0.286. The van der Waals surface area contributed by atoms with E-state index in [4.69, 9.17) is 16.3 Å². The maximum atomic E-state index is 13.0. The predicted molar refractivity (Wildman–Crippen MR) is 118 cm³/mol. The molecule has 11 heteroatoms. The molecule has 0 radical (unpaired) electrons. The van der Waals surface area contributed by atoms with E-state index in [-0.39, 0.29) is 29.4 Å². The summed E-state index contributed by atoms with van der Waals surface area (Å²) in [4.78, 5) is 30.1. The summed E-state index contributed by atoms with van der Waals surface area (Å²) in [7, 11) is 1.50. The van der Waals surface area contributed by atoms with Crippen molar-refractivity contribution in [3.8, 4) is 0 Å². The molecule has 170 valence electrons. The van der Waals surface area contributed by atoms with Crippen LogP contribution in [0.4, 0.5) is 18.9 Å². The van der Waals surface area contributed by atoms with Gasteiger partial charge < -0.3 is 10.1 Å². The second-order valence-electron chi connectivity index (χ2n) is 6.80. The van der Waals surface area contributed by atoms with Gasteiger partial charge >= 0.3 is 6.18 Å². The van der Waals surface area contributed by atoms with E-state index in [2.05, 4.69) is 10.3 Å². The number of fused-ring (bicyclic) bond motifs is 1. The number of anilines is 1. The Morgan fingerprint density at radius 3 is 2.69 bits per heavy atom. The van der Waals surface area contributed by atoms with Crippen LogP contribution in [-0.4, -0.2) is 34.4 Å². The van der Waals surface area contributed by atoms with Crippen molar-refractivity contribution in [2.45, 2.75) is 30.1 Å². The lowest BCUT2D eigenvalue weighted by Crippen LogP contribution is -2.28. The molecule has 2 aromatic carbocycles. The second kappa shape index (κ2) is 9.93. The van der Waals surface area contributed by atoms with E-state index in [1.165, 1.54) is 11.7 Å². The van der Waals surface area contributed by atoms with Gasteiger partial charge in [0, 0.05) is 7.11 Å². The number of aromatic nitrogens is 2. The lowest BCUT2D eigenvalue weighted by molar-refractivity contribution is -0.137. The van der Waals surface area contributed by atoms with E-state index < -0.39 is 22.9 Å². The van der Waals surface area contributed by atoms with Crippen molar-refractivity contribution in [1.82, 2.24) is 9.55 Å². The van der Waals surface area contributed by atoms with Gasteiger partial charge in [-0.15, -0.1) is 0 Å². The number of para-hydroxylation sites is 1. The molecule has 3 aromatic rings. The highest BCUT2D eigenvalue weighted by molar-refractivity contribution is 8.00. The summed E-state index contributed by atoms with van der Waals surface area (Å²) in [6.45, 7) is 2.04. The second-order valence-corrected chi connectivity index (χ2v) is 8.52. The van der Waals surface area contributed by atoms with Crippen LogP contribution in [0.5, 0.6) is 0 Å². The predicted octanol–water partition coefficient (Wildman–Crippen LogP) is 4.83. The van der Waals surface area contributed by atoms with E-state index in [1.54, 1.807) is 31.2 Å². The normalized spacial score (nSPS) is 12.7. The molecule has 32 heavy (non-hydrogen) atoms. The summed E-state index contributed by atoms with van der Waals surface area (Å²) in [6.07, 6.45) is -4.57. The van der Waals surface area contributed by atoms with Crippen molar-refractivity contribution in [1.29, 1.82) is 0 Å². The number of halogens is 4. The van der Waals surface area contributed by atoms with E-state index in [9.17, 15) is 22.8 Å². The Balaban J connectivity index is 1.87. The maximum Gasteiger partial charge on any atom is 0.416 e. The van der Waals surface area contributed by atoms with Crippen LogP contribution in [0.1, 0.15) is 12.5 Å². The molecule has 1 atom stereocenters. The third-order valence-electron chi connectivity index (χ3n) is 4.55. The molecule has 0 saturated carbocycles. The van der Waals surface area contributed by atoms with Crippen LogP contribution in [0.25, 0.3) is 10.9 Å². The average Bonchev–Trinajstić information content (AvgIpc) is 2.74. The molecule has 1 heterocycles. The summed E-state index contributed by atoms with van der Waals surface area (Å²) < 4.78 is 45.4. The van der Waals surface area contributed by atoms with Gasteiger partial charge in [0.2, 0.25) is 5.91 Å². The summed E-state index contributed by atoms with van der Waals surface area (Å²) >= 11 is 6.97. The Bertz CT molecular complexity index is 1200. The summed E-state index contributed by atoms with van der Waals surface area (Å²) in [5, 5.41) is 2.34. The monoisotopic (exact) mass is 485 g/mol. The molecule has 0 aliphatic rings. The van der Waals surface area contributed by atoms with Crippen molar-refractivity contribution in [2.75, 3.05) is 19.0 Å². The first-order valence-electron chi connectivity index (χ1n) is 9.44. The number of hydrogen-bond acceptors (Lipinski definition) is 5. The number of methoxy groups -OCH3 is 1. The standard InChI is InChI=1S/C21H19ClF3N3O3S/c1-12(18(29)26-17-11-13(21(23,24)25)7-8-15(17)22)32-20-27-16-6-4-3-5-14(16)19(30)28(20)9-10-31-2/h3-8,11-12H,9-10H2,1-2H3,(H,26,29). The van der Waals surface area contributed by atoms with Gasteiger partial charge in [0.05, 0.1) is 45.6 Å². The molecule has 0 saturated heterocycles. The van der Waals surface area contributed by atoms with Crippen LogP contribution < -0.4 is 10.9 Å². The first-order valence-corrected chi connectivity index (χ1v) is 10.7. The number of thioether (sulfide) groups is 1. The number of carbonyl (C=O) groups is 1. The minimum Gasteiger partial charge on any atom is -0.383 e. The molecule has 3 rings (SSSR count). The molecular formula is C21H19ClF3N3O3S. The quantitative estimate of drug-likeness (QED) is 0.383. The lowest BCUT2D eigenvalue weighted by Gasteiger charge is -2.17. The first-order chi connectivity index (χ1) is 15.1. The van der Waals surface area contributed by atoms with Gasteiger partial charge in [0.1, 0.15) is 0 Å². The van der Waals surface area contributed by atoms with Gasteiger partial charge in [-0.1, -0.05) is 35.5 Å². The van der Waals surface area contributed by atoms with Crippen molar-refractivity contribution >= 4 is 45.9 Å². The molecule has 0 aliphatic heterocycles. The number of rotatable bonds is 7. The number of nitrogens with zero attached hydrogens (tertiary/aromatic N) is 2. The van der Waals surface area contributed by atoms with Crippen LogP contribution in [0.3, 0.4) is 0 Å². The largest absolute Gasteiger partial charge is 0.416 e. The minimum absolute atomic E-state index is 0.0237. The van der Waals surface area contributed by atoms with Gasteiger partial charge in [0.15, 0.2) is 5.16 Å². The number of nitrogens with one attached hydrogen (secondary N) is 1. The Hall–Kier alpha value is -2.56. The van der Waals surface area contributed by atoms with Crippen LogP contribution in [0, 0.1) is 0 Å². The molecule has 1 N–H and O–H groups in total. The third kappa shape index (κ3) is 5.43. The van der Waals surface area contributed by atoms with Crippen molar-refractivity contribution in [2.24, 2.45) is 0 Å². The lowest BCUT2D eigenvalue weighted by atomic mass is 10.2. The fourth-order valence-corrected chi connectivity index (χ4v) is 3.96. The van der Waals surface area contributed by atoms with E-state index in [0.29, 0.717) is 16.1 Å². The van der Waals surface area contributed by atoms with E-state index in [1.807, 2.05) is 0 Å². The zero-order valence-corrected chi connectivity index (χ0v) is 18.6. The number of carbonyl (C=O) groups excluding carboxylic acids is 1. The van der Waals surface area contributed by atoms with Gasteiger partial charge in [-0.05, 0) is 37.3 Å². The topological polar surface area (TPSA) is 73.2 Å². The highest BCUT2D eigenvalue weighted by atomic mass is 35.5. The number of ether oxygens (including phenoxy) is 1. The van der Waals surface area contributed by atoms with Crippen LogP contribution in [-0.2, 0) is 22.3 Å². The molecule has 0 spiro atoms. The SMILES string of the molecule is COCCn1c(SC(C)C(=O)Nc2cc(C(F)(F)F)ccc2Cl)nc2ccccc2c1=O. The highest BCUT2D eigenvalue weighted by Gasteiger charge is 2.31. The van der Waals surface area contributed by atoms with Crippen LogP contribution >= 0.6 is 23.4 Å². The average molecular weight is 486 g/mol. The fourth-order valence-electron chi connectivity index (χ4n) is 2.86. The van der Waals surface area contributed by atoms with E-state index in [0.717, 1.165) is 30.0 Å². The van der Waals surface area contributed by atoms with Gasteiger partial charge in [-0.25, -0.2) is 4.98 Å². The van der Waals surface area contributed by atoms with Crippen LogP contribution in [0.15, 0.2) is 52.4 Å². The van der Waals surface area contributed by atoms with Crippen molar-refractivity contribution < 1.29 is 22.7 Å². The molecule has 6 nitrogen and oxygen atoms in total. The molecule has 0 fully saturated rings. The third-order valence-corrected chi connectivity index (χ3v) is 5.97. The molecule has 0 aliphatic carbocycles. The van der Waals surface area contributed by atoms with Crippen molar-refractivity contribution in [3.05, 3.63) is 63.4 Å². The number of amides is 1. The Labute approximate surface area is 190 Å². The maximum absolute atomic E-state index is 13.0. The minimum atomic E-state index is -4.57. The zero-order chi connectivity index (χ0) is 23.5. The molecule has 1 unspecified atom stereocenters. The van der Waals surface area contributed by atoms with Gasteiger partial charge in [0.25, 0.3) is 5.56 Å². The molecule has 1 aromatic heterocycles. The number of hydrogen-bond donors (Lipinski definition) is 1. The molecular weight excluding hydrogens is 467 g/mol. The van der Waals surface area contributed by atoms with Crippen molar-refractivity contribution in [3.63, 3.8) is 0 Å². The Morgan fingerprint density at radius 2 is 2.00 bits per heavy atom. The van der Waals surface area contributed by atoms with Crippen LogP contribution in [0.2, 0.25) is 5.02 Å². The molecule has 1 amide bonds. The summed E-state index contributed by atoms with van der Waals surface area (Å²) in [6, 6.07) is 9.51. The smallest absolute Gasteiger partial charge is 0.383 e. The number of alkyl halides is 3. The number of benzene rings is 2. The van der Waals surface area contributed by atoms with E-state index >= 15 is 0 Å². The summed E-state index contributed by atoms with van der Waals surface area (Å²) in [5.41, 5.74) is -0.879. The zero-order valence-electron chi connectivity index (χ0n) is 17.1. The summed E-state index contributed by atoms with van der Waals surface area (Å²) in [5.74, 6) is -0.586. The highest BCUT2D eigenvalue weighted by Crippen LogP contribution is 2.34.